The van der Waals surface area contributed by atoms with Gasteiger partial charge in [-0.15, -0.1) is 0 Å². The lowest BCUT2D eigenvalue weighted by molar-refractivity contribution is -0.138. The minimum absolute atomic E-state index is 0.174. The fourth-order valence-electron chi connectivity index (χ4n) is 3.17. The summed E-state index contributed by atoms with van der Waals surface area (Å²) in [6, 6.07) is 7.55. The van der Waals surface area contributed by atoms with Crippen molar-refractivity contribution in [2.75, 3.05) is 32.7 Å². The van der Waals surface area contributed by atoms with Crippen LogP contribution < -0.4 is 0 Å². The minimum atomic E-state index is -0.916. The summed E-state index contributed by atoms with van der Waals surface area (Å²) in [5, 5.41) is 14.3. The molecule has 1 saturated heterocycles. The van der Waals surface area contributed by atoms with Crippen molar-refractivity contribution in [3.8, 4) is 0 Å². The molecule has 0 spiro atoms. The first-order valence-electron chi connectivity index (χ1n) is 8.87. The number of piperazine rings is 1. The van der Waals surface area contributed by atoms with Crippen LogP contribution in [0.25, 0.3) is 0 Å². The molecule has 2 heterocycles. The first-order chi connectivity index (χ1) is 12.5. The number of hydrogen-bond donors (Lipinski definition) is 1. The third-order valence-corrected chi connectivity index (χ3v) is 4.84. The fourth-order valence-corrected chi connectivity index (χ4v) is 3.38. The topological polar surface area (TPSA) is 74.5 Å². The molecular weight excluding hydrogens is 354 g/mol. The number of benzene rings is 1. The highest BCUT2D eigenvalue weighted by atomic mass is 35.5. The van der Waals surface area contributed by atoms with Crippen LogP contribution in [-0.2, 0) is 24.3 Å². The van der Waals surface area contributed by atoms with Crippen molar-refractivity contribution in [3.63, 3.8) is 0 Å². The SMILES string of the molecule is CCN1CCN(Cc2nc(Cc3cccc(Cl)c3)nn2CC(=O)O)CC1. The van der Waals surface area contributed by atoms with Crippen LogP contribution in [0.1, 0.15) is 24.1 Å². The summed E-state index contributed by atoms with van der Waals surface area (Å²) in [5.41, 5.74) is 1.01. The van der Waals surface area contributed by atoms with E-state index >= 15 is 0 Å². The van der Waals surface area contributed by atoms with Crippen LogP contribution in [0.5, 0.6) is 0 Å². The van der Waals surface area contributed by atoms with Gasteiger partial charge < -0.3 is 10.0 Å². The molecule has 140 valence electrons. The van der Waals surface area contributed by atoms with E-state index < -0.39 is 5.97 Å². The van der Waals surface area contributed by atoms with Gasteiger partial charge in [0.05, 0.1) is 6.54 Å². The molecule has 1 aromatic heterocycles. The predicted octanol–water partition coefficient (Wildman–Crippen LogP) is 1.74. The lowest BCUT2D eigenvalue weighted by atomic mass is 10.1. The number of halogens is 1. The first kappa shape index (κ1) is 18.8. The highest BCUT2D eigenvalue weighted by Gasteiger charge is 2.20. The number of carboxylic acids is 1. The van der Waals surface area contributed by atoms with E-state index in [2.05, 4.69) is 26.8 Å². The molecule has 1 N–H and O–H groups in total. The van der Waals surface area contributed by atoms with Crippen LogP contribution in [0.3, 0.4) is 0 Å². The highest BCUT2D eigenvalue weighted by molar-refractivity contribution is 6.30. The Balaban J connectivity index is 1.73. The van der Waals surface area contributed by atoms with E-state index in [4.69, 9.17) is 11.6 Å². The normalized spacial score (nSPS) is 16.1. The van der Waals surface area contributed by atoms with Gasteiger partial charge in [-0.05, 0) is 24.2 Å². The number of nitrogens with zero attached hydrogens (tertiary/aromatic N) is 5. The summed E-state index contributed by atoms with van der Waals surface area (Å²) in [6.45, 7) is 7.64. The maximum atomic E-state index is 11.2. The second-order valence-corrected chi connectivity index (χ2v) is 6.95. The highest BCUT2D eigenvalue weighted by Crippen LogP contribution is 2.14. The van der Waals surface area contributed by atoms with Gasteiger partial charge in [-0.25, -0.2) is 9.67 Å². The molecule has 0 radical (unpaired) electrons. The Labute approximate surface area is 158 Å². The second kappa shape index (κ2) is 8.62. The smallest absolute Gasteiger partial charge is 0.325 e. The molecule has 0 aliphatic carbocycles. The molecule has 7 nitrogen and oxygen atoms in total. The van der Waals surface area contributed by atoms with E-state index in [9.17, 15) is 9.90 Å². The second-order valence-electron chi connectivity index (χ2n) is 6.51. The molecule has 0 bridgehead atoms. The van der Waals surface area contributed by atoms with Crippen molar-refractivity contribution >= 4 is 17.6 Å². The number of aromatic nitrogens is 3. The quantitative estimate of drug-likeness (QED) is 0.792. The molecule has 1 aliphatic rings. The molecule has 8 heteroatoms. The number of carbonyl (C=O) groups is 1. The van der Waals surface area contributed by atoms with Gasteiger partial charge in [-0.1, -0.05) is 30.7 Å². The van der Waals surface area contributed by atoms with E-state index in [0.29, 0.717) is 29.6 Å². The Bertz CT molecular complexity index is 756. The third-order valence-electron chi connectivity index (χ3n) is 4.61. The van der Waals surface area contributed by atoms with Gasteiger partial charge >= 0.3 is 5.97 Å². The van der Waals surface area contributed by atoms with E-state index in [1.807, 2.05) is 24.3 Å². The largest absolute Gasteiger partial charge is 0.480 e. The van der Waals surface area contributed by atoms with Crippen molar-refractivity contribution in [3.05, 3.63) is 46.5 Å². The average molecular weight is 378 g/mol. The van der Waals surface area contributed by atoms with Gasteiger partial charge in [-0.2, -0.15) is 5.10 Å². The molecular formula is C18H24ClN5O2. The number of likely N-dealkylation sites (N-methyl/N-ethyl adjacent to an activating group) is 1. The van der Waals surface area contributed by atoms with Crippen LogP contribution in [0.2, 0.25) is 5.02 Å². The van der Waals surface area contributed by atoms with E-state index in [-0.39, 0.29) is 6.54 Å². The zero-order valence-corrected chi connectivity index (χ0v) is 15.7. The zero-order valence-electron chi connectivity index (χ0n) is 14.9. The van der Waals surface area contributed by atoms with Crippen LogP contribution in [0, 0.1) is 0 Å². The average Bonchev–Trinajstić information content (AvgIpc) is 2.96. The molecule has 1 aromatic carbocycles. The predicted molar refractivity (Wildman–Crippen MR) is 99.3 cm³/mol. The van der Waals surface area contributed by atoms with Crippen LogP contribution in [0.15, 0.2) is 24.3 Å². The Hall–Kier alpha value is -1.96. The van der Waals surface area contributed by atoms with Crippen LogP contribution >= 0.6 is 11.6 Å². The Morgan fingerprint density at radius 2 is 1.96 bits per heavy atom. The van der Waals surface area contributed by atoms with Crippen molar-refractivity contribution in [2.45, 2.75) is 26.4 Å². The van der Waals surface area contributed by atoms with Gasteiger partial charge in [0.2, 0.25) is 0 Å². The standard InChI is InChI=1S/C18H24ClN5O2/c1-2-22-6-8-23(9-7-22)12-17-20-16(21-24(17)13-18(25)26)11-14-4-3-5-15(19)10-14/h3-5,10H,2,6-9,11-13H2,1H3,(H,25,26). The Morgan fingerprint density at radius 1 is 1.23 bits per heavy atom. The van der Waals surface area contributed by atoms with Gasteiger partial charge in [0.25, 0.3) is 0 Å². The summed E-state index contributed by atoms with van der Waals surface area (Å²) >= 11 is 6.03. The maximum absolute atomic E-state index is 11.2. The molecule has 0 unspecified atom stereocenters. The first-order valence-corrected chi connectivity index (χ1v) is 9.25. The van der Waals surface area contributed by atoms with E-state index in [1.165, 1.54) is 4.68 Å². The third kappa shape index (κ3) is 5.03. The molecule has 0 atom stereocenters. The Kier molecular flexibility index (Phi) is 6.24. The number of carboxylic acid groups (broad SMARTS) is 1. The monoisotopic (exact) mass is 377 g/mol. The number of hydrogen-bond acceptors (Lipinski definition) is 5. The molecule has 2 aromatic rings. The summed E-state index contributed by atoms with van der Waals surface area (Å²) < 4.78 is 1.51. The number of rotatable bonds is 7. The van der Waals surface area contributed by atoms with Gasteiger partial charge in [0, 0.05) is 37.6 Å². The zero-order chi connectivity index (χ0) is 18.5. The lowest BCUT2D eigenvalue weighted by Crippen LogP contribution is -2.46. The summed E-state index contributed by atoms with van der Waals surface area (Å²) in [4.78, 5) is 20.5. The van der Waals surface area contributed by atoms with Crippen LogP contribution in [-0.4, -0.2) is 68.4 Å². The van der Waals surface area contributed by atoms with E-state index in [0.717, 1.165) is 38.3 Å². The lowest BCUT2D eigenvalue weighted by Gasteiger charge is -2.33. The molecule has 1 aliphatic heterocycles. The van der Waals surface area contributed by atoms with Gasteiger partial charge in [-0.3, -0.25) is 9.69 Å². The summed E-state index contributed by atoms with van der Waals surface area (Å²) in [5.74, 6) is 0.409. The Morgan fingerprint density at radius 3 is 2.62 bits per heavy atom. The van der Waals surface area contributed by atoms with Crippen molar-refractivity contribution in [1.29, 1.82) is 0 Å². The van der Waals surface area contributed by atoms with Crippen LogP contribution in [0.4, 0.5) is 0 Å². The molecule has 3 rings (SSSR count). The van der Waals surface area contributed by atoms with Crippen molar-refractivity contribution in [2.24, 2.45) is 0 Å². The number of aliphatic carboxylic acids is 1. The summed E-state index contributed by atoms with van der Waals surface area (Å²) in [7, 11) is 0. The van der Waals surface area contributed by atoms with Crippen molar-refractivity contribution in [1.82, 2.24) is 24.6 Å². The van der Waals surface area contributed by atoms with Gasteiger partial charge in [0.15, 0.2) is 5.82 Å². The fraction of sp³-hybridized carbons (Fsp3) is 0.500. The minimum Gasteiger partial charge on any atom is -0.480 e. The van der Waals surface area contributed by atoms with Gasteiger partial charge in [0.1, 0.15) is 12.4 Å². The van der Waals surface area contributed by atoms with E-state index in [1.54, 1.807) is 0 Å². The molecule has 0 saturated carbocycles. The van der Waals surface area contributed by atoms with Crippen molar-refractivity contribution < 1.29 is 9.90 Å². The maximum Gasteiger partial charge on any atom is 0.325 e. The molecule has 0 amide bonds. The molecule has 1 fully saturated rings. The molecule has 26 heavy (non-hydrogen) atoms. The summed E-state index contributed by atoms with van der Waals surface area (Å²) in [6.07, 6.45) is 0.532.